The minimum Gasteiger partial charge on any atom is -0.392 e. The Bertz CT molecular complexity index is 1270. The van der Waals surface area contributed by atoms with Gasteiger partial charge in [-0.25, -0.2) is 15.0 Å². The molecule has 1 aliphatic rings. The average Bonchev–Trinajstić information content (AvgIpc) is 3.17. The molecule has 0 fully saturated rings. The average molecular weight is 426 g/mol. The van der Waals surface area contributed by atoms with Gasteiger partial charge < -0.3 is 20.4 Å². The van der Waals surface area contributed by atoms with E-state index in [0.29, 0.717) is 23.9 Å². The number of β-amino-alcohol motifs (C(OH)–C–C–N with tert-alkyl or cyclic N) is 1. The van der Waals surface area contributed by atoms with Crippen LogP contribution in [-0.2, 0) is 12.1 Å². The first kappa shape index (κ1) is 19.3. The van der Waals surface area contributed by atoms with E-state index in [4.69, 9.17) is 17.3 Å². The van der Waals surface area contributed by atoms with Crippen LogP contribution in [0.15, 0.2) is 24.7 Å². The van der Waals surface area contributed by atoms with Gasteiger partial charge in [0.05, 0.1) is 27.7 Å². The number of aromatic nitrogens is 5. The number of hydrogen-bond acceptors (Lipinski definition) is 6. The second-order valence-corrected chi connectivity index (χ2v) is 9.04. The monoisotopic (exact) mass is 425 g/mol. The van der Waals surface area contributed by atoms with Crippen LogP contribution in [0.4, 0.5) is 5.82 Å². The minimum atomic E-state index is -0.425. The van der Waals surface area contributed by atoms with E-state index in [2.05, 4.69) is 43.3 Å². The van der Waals surface area contributed by atoms with Crippen molar-refractivity contribution in [2.45, 2.75) is 39.0 Å². The topological polar surface area (TPSA) is 109 Å². The van der Waals surface area contributed by atoms with Crippen LogP contribution in [-0.4, -0.2) is 53.7 Å². The van der Waals surface area contributed by atoms with Crippen LogP contribution in [0.2, 0.25) is 5.02 Å². The molecule has 30 heavy (non-hydrogen) atoms. The zero-order valence-corrected chi connectivity index (χ0v) is 17.9. The third kappa shape index (κ3) is 2.79. The van der Waals surface area contributed by atoms with Crippen molar-refractivity contribution in [3.63, 3.8) is 0 Å². The lowest BCUT2D eigenvalue weighted by Gasteiger charge is -2.41. The summed E-state index contributed by atoms with van der Waals surface area (Å²) in [5, 5.41) is 12.2. The molecule has 9 heteroatoms. The van der Waals surface area contributed by atoms with Gasteiger partial charge in [0.25, 0.3) is 0 Å². The minimum absolute atomic E-state index is 0.267. The summed E-state index contributed by atoms with van der Waals surface area (Å²) in [7, 11) is 0. The number of fused-ring (bicyclic) bond motifs is 4. The number of nitrogen functional groups attached to an aromatic ring is 1. The highest BCUT2D eigenvalue weighted by molar-refractivity contribution is 6.38. The van der Waals surface area contributed by atoms with E-state index in [0.717, 1.165) is 45.6 Å². The summed E-state index contributed by atoms with van der Waals surface area (Å²) in [6.07, 6.45) is 2.81. The molecule has 0 bridgehead atoms. The lowest BCUT2D eigenvalue weighted by molar-refractivity contribution is 0.0769. The van der Waals surface area contributed by atoms with E-state index in [-0.39, 0.29) is 5.54 Å². The molecule has 1 atom stereocenters. The van der Waals surface area contributed by atoms with E-state index in [1.165, 1.54) is 6.33 Å². The SMILES string of the molecule is C[C@H](O)CN1Cc2c(-c3[nH]c4ncccc4c3Cl)c3c(N)ncnc3n2C(C)(C)C1. The zero-order chi connectivity index (χ0) is 21.2. The van der Waals surface area contributed by atoms with Crippen LogP contribution in [0.5, 0.6) is 0 Å². The Morgan fingerprint density at radius 2 is 2.13 bits per heavy atom. The normalized spacial score (nSPS) is 17.5. The summed E-state index contributed by atoms with van der Waals surface area (Å²) >= 11 is 6.82. The van der Waals surface area contributed by atoms with Crippen molar-refractivity contribution in [2.24, 2.45) is 0 Å². The number of aromatic amines is 1. The molecular weight excluding hydrogens is 402 g/mol. The third-order valence-electron chi connectivity index (χ3n) is 5.75. The summed E-state index contributed by atoms with van der Waals surface area (Å²) in [5.41, 5.74) is 10.3. The fourth-order valence-corrected chi connectivity index (χ4v) is 5.10. The van der Waals surface area contributed by atoms with Crippen molar-refractivity contribution in [3.8, 4) is 11.3 Å². The van der Waals surface area contributed by atoms with Crippen molar-refractivity contribution in [1.29, 1.82) is 0 Å². The second kappa shape index (κ2) is 6.66. The van der Waals surface area contributed by atoms with Crippen LogP contribution in [0, 0.1) is 0 Å². The van der Waals surface area contributed by atoms with Crippen LogP contribution in [0.3, 0.4) is 0 Å². The highest BCUT2D eigenvalue weighted by Gasteiger charge is 2.38. The summed E-state index contributed by atoms with van der Waals surface area (Å²) < 4.78 is 2.24. The van der Waals surface area contributed by atoms with Crippen molar-refractivity contribution in [3.05, 3.63) is 35.4 Å². The molecule has 156 valence electrons. The number of halogens is 1. The lowest BCUT2D eigenvalue weighted by Crippen LogP contribution is -2.48. The van der Waals surface area contributed by atoms with Crippen LogP contribution in [0.1, 0.15) is 26.5 Å². The molecule has 0 aliphatic carbocycles. The number of anilines is 1. The quantitative estimate of drug-likeness (QED) is 0.465. The van der Waals surface area contributed by atoms with Gasteiger partial charge in [-0.05, 0) is 32.9 Å². The Morgan fingerprint density at radius 1 is 1.33 bits per heavy atom. The van der Waals surface area contributed by atoms with Gasteiger partial charge in [0.15, 0.2) is 0 Å². The first-order valence-electron chi connectivity index (χ1n) is 9.95. The standard InChI is InChI=1S/C21H24ClN7O/c1-11(30)7-28-8-13-14(17-16(22)12-5-4-6-24-19(12)27-17)15-18(23)25-10-26-20(15)29(13)21(2,3)9-28/h4-6,10-11,30H,7-9H2,1-3H3,(H,24,27)(H2,23,25,26)/t11-/m0/s1. The summed E-state index contributed by atoms with van der Waals surface area (Å²) in [6.45, 7) is 8.13. The largest absolute Gasteiger partial charge is 0.392 e. The van der Waals surface area contributed by atoms with Gasteiger partial charge >= 0.3 is 0 Å². The maximum absolute atomic E-state index is 10.0. The smallest absolute Gasteiger partial charge is 0.146 e. The Balaban J connectivity index is 1.85. The molecule has 0 saturated heterocycles. The Hall–Kier alpha value is -2.68. The molecule has 8 nitrogen and oxygen atoms in total. The molecule has 1 aliphatic heterocycles. The van der Waals surface area contributed by atoms with Crippen molar-refractivity contribution < 1.29 is 5.11 Å². The molecule has 0 unspecified atom stereocenters. The van der Waals surface area contributed by atoms with E-state index < -0.39 is 6.10 Å². The molecule has 0 spiro atoms. The third-order valence-corrected chi connectivity index (χ3v) is 6.14. The number of pyridine rings is 1. The molecule has 4 aromatic rings. The van der Waals surface area contributed by atoms with E-state index in [1.54, 1.807) is 6.20 Å². The van der Waals surface area contributed by atoms with E-state index in [9.17, 15) is 5.11 Å². The fourth-order valence-electron chi connectivity index (χ4n) is 4.80. The first-order valence-corrected chi connectivity index (χ1v) is 10.3. The fraction of sp³-hybridized carbons (Fsp3) is 0.381. The predicted octanol–water partition coefficient (Wildman–Crippen LogP) is 3.14. The molecule has 0 saturated carbocycles. The van der Waals surface area contributed by atoms with Gasteiger partial charge in [0, 0.05) is 42.5 Å². The number of nitrogens with zero attached hydrogens (tertiary/aromatic N) is 5. The Kier molecular flexibility index (Phi) is 4.29. The van der Waals surface area contributed by atoms with Gasteiger partial charge in [0.1, 0.15) is 23.4 Å². The number of nitrogens with two attached hydrogens (primary N) is 1. The van der Waals surface area contributed by atoms with Gasteiger partial charge in [-0.1, -0.05) is 11.6 Å². The summed E-state index contributed by atoms with van der Waals surface area (Å²) in [4.78, 5) is 18.9. The lowest BCUT2D eigenvalue weighted by atomic mass is 9.99. The Labute approximate surface area is 178 Å². The Morgan fingerprint density at radius 3 is 2.87 bits per heavy atom. The molecule has 0 amide bonds. The predicted molar refractivity (Wildman–Crippen MR) is 118 cm³/mol. The van der Waals surface area contributed by atoms with Crippen LogP contribution < -0.4 is 5.73 Å². The zero-order valence-electron chi connectivity index (χ0n) is 17.1. The van der Waals surface area contributed by atoms with Gasteiger partial charge in [-0.15, -0.1) is 0 Å². The van der Waals surface area contributed by atoms with E-state index >= 15 is 0 Å². The van der Waals surface area contributed by atoms with Gasteiger partial charge in [-0.2, -0.15) is 0 Å². The number of aliphatic hydroxyl groups is 1. The van der Waals surface area contributed by atoms with Crippen LogP contribution in [0.25, 0.3) is 33.3 Å². The maximum atomic E-state index is 10.0. The highest BCUT2D eigenvalue weighted by atomic mass is 35.5. The molecule has 5 heterocycles. The van der Waals surface area contributed by atoms with Crippen LogP contribution >= 0.6 is 11.6 Å². The second-order valence-electron chi connectivity index (χ2n) is 8.66. The molecule has 0 radical (unpaired) electrons. The molecule has 4 N–H and O–H groups in total. The number of rotatable bonds is 3. The molecular formula is C21H24ClN7O. The number of aliphatic hydroxyl groups excluding tert-OH is 1. The van der Waals surface area contributed by atoms with Gasteiger partial charge in [-0.3, -0.25) is 4.90 Å². The summed E-state index contributed by atoms with van der Waals surface area (Å²) in [5.74, 6) is 0.414. The van der Waals surface area contributed by atoms with Crippen molar-refractivity contribution >= 4 is 39.5 Å². The number of nitrogens with one attached hydrogen (secondary N) is 1. The maximum Gasteiger partial charge on any atom is 0.146 e. The summed E-state index contributed by atoms with van der Waals surface area (Å²) in [6, 6.07) is 3.81. The molecule has 5 rings (SSSR count). The first-order chi connectivity index (χ1) is 14.3. The van der Waals surface area contributed by atoms with Crippen molar-refractivity contribution in [1.82, 2.24) is 29.4 Å². The highest BCUT2D eigenvalue weighted by Crippen LogP contribution is 2.45. The van der Waals surface area contributed by atoms with Crippen molar-refractivity contribution in [2.75, 3.05) is 18.8 Å². The van der Waals surface area contributed by atoms with Gasteiger partial charge in [0.2, 0.25) is 0 Å². The number of hydrogen-bond donors (Lipinski definition) is 3. The molecule has 0 aromatic carbocycles. The van der Waals surface area contributed by atoms with E-state index in [1.807, 2.05) is 19.1 Å². The molecule has 4 aromatic heterocycles. The number of H-pyrrole nitrogens is 1.